The van der Waals surface area contributed by atoms with Crippen LogP contribution in [0.1, 0.15) is 5.69 Å². The summed E-state index contributed by atoms with van der Waals surface area (Å²) in [5.74, 6) is 1.51. The first kappa shape index (κ1) is 15.5. The molecule has 0 bridgehead atoms. The molecular formula is C18H15N3O3. The first-order valence-electron chi connectivity index (χ1n) is 7.30. The average molecular weight is 321 g/mol. The Morgan fingerprint density at radius 2 is 1.83 bits per heavy atom. The normalized spacial score (nSPS) is 10.0. The zero-order valence-corrected chi connectivity index (χ0v) is 13.0. The van der Waals surface area contributed by atoms with E-state index in [1.807, 2.05) is 19.1 Å². The number of aromatic nitrogens is 2. The Kier molecular flexibility index (Phi) is 4.67. The van der Waals surface area contributed by atoms with Gasteiger partial charge < -0.3 is 9.47 Å². The average Bonchev–Trinajstić information content (AvgIpc) is 2.59. The van der Waals surface area contributed by atoms with Crippen LogP contribution in [-0.4, -0.2) is 16.1 Å². The number of nitrogens with one attached hydrogen (secondary N) is 1. The Bertz CT molecular complexity index is 820. The zero-order chi connectivity index (χ0) is 16.8. The Morgan fingerprint density at radius 1 is 1.00 bits per heavy atom. The fraction of sp³-hybridized carbons (Fsp3) is 0.0556. The van der Waals surface area contributed by atoms with E-state index in [9.17, 15) is 4.79 Å². The summed E-state index contributed by atoms with van der Waals surface area (Å²) in [6, 6.07) is 15.8. The second-order valence-corrected chi connectivity index (χ2v) is 4.90. The van der Waals surface area contributed by atoms with Gasteiger partial charge in [0.25, 0.3) is 0 Å². The zero-order valence-electron chi connectivity index (χ0n) is 13.0. The molecule has 2 aromatic heterocycles. The molecule has 0 radical (unpaired) electrons. The van der Waals surface area contributed by atoms with Crippen molar-refractivity contribution in [2.45, 2.75) is 6.92 Å². The Hall–Kier alpha value is -3.41. The number of pyridine rings is 2. The lowest BCUT2D eigenvalue weighted by Crippen LogP contribution is -2.16. The summed E-state index contributed by atoms with van der Waals surface area (Å²) in [7, 11) is 0. The van der Waals surface area contributed by atoms with Crippen molar-refractivity contribution < 1.29 is 14.3 Å². The standard InChI is InChI=1S/C18H15N3O3/c1-13-16(8-5-11-19-13)24-17-10-9-14(12-20-17)21-18(22)23-15-6-3-2-4-7-15/h2-12H,1H3,(H,21,22). The smallest absolute Gasteiger partial charge is 0.417 e. The van der Waals surface area contributed by atoms with Crippen LogP contribution in [0, 0.1) is 6.92 Å². The number of nitrogens with zero attached hydrogens (tertiary/aromatic N) is 2. The van der Waals surface area contributed by atoms with Crippen LogP contribution in [-0.2, 0) is 0 Å². The van der Waals surface area contributed by atoms with Crippen LogP contribution >= 0.6 is 0 Å². The molecule has 1 aromatic carbocycles. The second kappa shape index (κ2) is 7.23. The highest BCUT2D eigenvalue weighted by Gasteiger charge is 2.06. The number of amides is 1. The molecule has 24 heavy (non-hydrogen) atoms. The molecule has 1 amide bonds. The third-order valence-corrected chi connectivity index (χ3v) is 3.11. The molecule has 0 spiro atoms. The van der Waals surface area contributed by atoms with Gasteiger partial charge in [-0.25, -0.2) is 9.78 Å². The number of hydrogen-bond donors (Lipinski definition) is 1. The lowest BCUT2D eigenvalue weighted by molar-refractivity contribution is 0.215. The van der Waals surface area contributed by atoms with Gasteiger partial charge in [0.05, 0.1) is 17.6 Å². The summed E-state index contributed by atoms with van der Waals surface area (Å²) < 4.78 is 10.8. The van der Waals surface area contributed by atoms with E-state index in [0.717, 1.165) is 5.69 Å². The second-order valence-electron chi connectivity index (χ2n) is 4.90. The van der Waals surface area contributed by atoms with Crippen molar-refractivity contribution in [1.82, 2.24) is 9.97 Å². The third-order valence-electron chi connectivity index (χ3n) is 3.11. The van der Waals surface area contributed by atoms with Gasteiger partial charge in [0.2, 0.25) is 5.88 Å². The lowest BCUT2D eigenvalue weighted by atomic mass is 10.3. The fourth-order valence-electron chi connectivity index (χ4n) is 1.94. The summed E-state index contributed by atoms with van der Waals surface area (Å²) in [4.78, 5) is 20.1. The quantitative estimate of drug-likeness (QED) is 0.780. The van der Waals surface area contributed by atoms with E-state index in [-0.39, 0.29) is 0 Å². The van der Waals surface area contributed by atoms with Crippen LogP contribution in [0.5, 0.6) is 17.4 Å². The van der Waals surface area contributed by atoms with Crippen molar-refractivity contribution >= 4 is 11.8 Å². The minimum atomic E-state index is -0.584. The largest absolute Gasteiger partial charge is 0.437 e. The van der Waals surface area contributed by atoms with Crippen molar-refractivity contribution in [3.63, 3.8) is 0 Å². The van der Waals surface area contributed by atoms with E-state index in [2.05, 4.69) is 15.3 Å². The molecule has 0 unspecified atom stereocenters. The molecule has 3 rings (SSSR count). The van der Waals surface area contributed by atoms with Crippen LogP contribution < -0.4 is 14.8 Å². The van der Waals surface area contributed by atoms with Gasteiger partial charge in [-0.15, -0.1) is 0 Å². The highest BCUT2D eigenvalue weighted by Crippen LogP contribution is 2.22. The molecule has 0 aliphatic rings. The van der Waals surface area contributed by atoms with Gasteiger partial charge >= 0.3 is 6.09 Å². The van der Waals surface area contributed by atoms with E-state index in [1.54, 1.807) is 48.7 Å². The van der Waals surface area contributed by atoms with Crippen LogP contribution in [0.25, 0.3) is 0 Å². The SMILES string of the molecule is Cc1ncccc1Oc1ccc(NC(=O)Oc2ccccc2)cn1. The number of ether oxygens (including phenoxy) is 2. The molecule has 2 heterocycles. The number of carbonyl (C=O) groups is 1. The van der Waals surface area contributed by atoms with E-state index >= 15 is 0 Å². The van der Waals surface area contributed by atoms with Gasteiger partial charge in [-0.3, -0.25) is 10.3 Å². The summed E-state index contributed by atoms with van der Waals surface area (Å²) in [5, 5.41) is 2.60. The van der Waals surface area contributed by atoms with Crippen LogP contribution in [0.4, 0.5) is 10.5 Å². The van der Waals surface area contributed by atoms with E-state index < -0.39 is 6.09 Å². The van der Waals surface area contributed by atoms with Crippen molar-refractivity contribution in [2.24, 2.45) is 0 Å². The number of anilines is 1. The van der Waals surface area contributed by atoms with Crippen molar-refractivity contribution in [3.8, 4) is 17.4 Å². The van der Waals surface area contributed by atoms with Crippen LogP contribution in [0.2, 0.25) is 0 Å². The fourth-order valence-corrected chi connectivity index (χ4v) is 1.94. The molecule has 0 atom stereocenters. The van der Waals surface area contributed by atoms with Crippen LogP contribution in [0.15, 0.2) is 67.0 Å². The molecule has 3 aromatic rings. The highest BCUT2D eigenvalue weighted by atomic mass is 16.6. The van der Waals surface area contributed by atoms with Gasteiger partial charge in [-0.2, -0.15) is 0 Å². The van der Waals surface area contributed by atoms with Gasteiger partial charge in [-0.1, -0.05) is 18.2 Å². The Labute approximate surface area is 139 Å². The van der Waals surface area contributed by atoms with Gasteiger partial charge in [0.15, 0.2) is 5.75 Å². The summed E-state index contributed by atoms with van der Waals surface area (Å²) in [5.41, 5.74) is 1.28. The van der Waals surface area contributed by atoms with E-state index in [1.165, 1.54) is 6.20 Å². The Balaban J connectivity index is 1.60. The number of carbonyl (C=O) groups excluding carboxylic acids is 1. The highest BCUT2D eigenvalue weighted by molar-refractivity contribution is 5.86. The molecule has 6 heteroatoms. The predicted octanol–water partition coefficient (Wildman–Crippen LogP) is 4.19. The third kappa shape index (κ3) is 4.07. The van der Waals surface area contributed by atoms with Crippen LogP contribution in [0.3, 0.4) is 0 Å². The molecule has 0 fully saturated rings. The minimum Gasteiger partial charge on any atom is -0.437 e. The predicted molar refractivity (Wildman–Crippen MR) is 89.4 cm³/mol. The topological polar surface area (TPSA) is 73.3 Å². The molecule has 0 aliphatic carbocycles. The summed E-state index contributed by atoms with van der Waals surface area (Å²) in [6.45, 7) is 1.85. The van der Waals surface area contributed by atoms with Gasteiger partial charge in [0, 0.05) is 12.3 Å². The molecule has 0 saturated carbocycles. The van der Waals surface area contributed by atoms with Gasteiger partial charge in [0.1, 0.15) is 5.75 Å². The number of hydrogen-bond acceptors (Lipinski definition) is 5. The minimum absolute atomic E-state index is 0.410. The first-order chi connectivity index (χ1) is 11.7. The number of benzene rings is 1. The number of rotatable bonds is 4. The van der Waals surface area contributed by atoms with E-state index in [4.69, 9.17) is 9.47 Å². The molecule has 0 aliphatic heterocycles. The summed E-state index contributed by atoms with van der Waals surface area (Å²) >= 11 is 0. The van der Waals surface area contributed by atoms with Crippen molar-refractivity contribution in [3.05, 3.63) is 72.7 Å². The van der Waals surface area contributed by atoms with Crippen molar-refractivity contribution in [2.75, 3.05) is 5.32 Å². The molecule has 1 N–H and O–H groups in total. The lowest BCUT2D eigenvalue weighted by Gasteiger charge is -2.08. The Morgan fingerprint density at radius 3 is 2.54 bits per heavy atom. The van der Waals surface area contributed by atoms with E-state index in [0.29, 0.717) is 23.1 Å². The maximum absolute atomic E-state index is 11.8. The molecular weight excluding hydrogens is 306 g/mol. The van der Waals surface area contributed by atoms with Crippen molar-refractivity contribution in [1.29, 1.82) is 0 Å². The van der Waals surface area contributed by atoms with Gasteiger partial charge in [-0.05, 0) is 37.3 Å². The molecule has 0 saturated heterocycles. The monoisotopic (exact) mass is 321 g/mol. The first-order valence-corrected chi connectivity index (χ1v) is 7.30. The maximum atomic E-state index is 11.8. The molecule has 120 valence electrons. The molecule has 6 nitrogen and oxygen atoms in total. The maximum Gasteiger partial charge on any atom is 0.417 e. The number of aryl methyl sites for hydroxylation is 1. The summed E-state index contributed by atoms with van der Waals surface area (Å²) in [6.07, 6.45) is 2.61. The number of para-hydroxylation sites is 1.